The molecule has 0 unspecified atom stereocenters. The van der Waals surface area contributed by atoms with Crippen LogP contribution in [0.3, 0.4) is 0 Å². The van der Waals surface area contributed by atoms with Crippen molar-refractivity contribution in [3.05, 3.63) is 17.9 Å². The van der Waals surface area contributed by atoms with E-state index in [-0.39, 0.29) is 0 Å². The minimum absolute atomic E-state index is 0.970. The zero-order chi connectivity index (χ0) is 4.24. The van der Waals surface area contributed by atoms with Crippen LogP contribution in [0.4, 0.5) is 0 Å². The topological polar surface area (TPSA) is 12.0 Å². The average molecular weight is 99.2 g/mol. The molecule has 0 saturated carbocycles. The number of nitrogens with one attached hydrogen (secondary N) is 1. The molecule has 0 aromatic rings. The highest BCUT2D eigenvalue weighted by atomic mass is 32.2. The molecule has 0 spiro atoms. The summed E-state index contributed by atoms with van der Waals surface area (Å²) >= 11 is 1.51. The predicted octanol–water partition coefficient (Wildman–Crippen LogP) is 0.833. The van der Waals surface area contributed by atoms with Crippen LogP contribution in [0.1, 0.15) is 0 Å². The van der Waals surface area contributed by atoms with E-state index in [1.165, 1.54) is 11.9 Å². The molecule has 0 aromatic carbocycles. The SMILES string of the molecule is [C]1C=CCNS1. The lowest BCUT2D eigenvalue weighted by molar-refractivity contribution is 1.12. The van der Waals surface area contributed by atoms with Crippen molar-refractivity contribution in [3.63, 3.8) is 0 Å². The Hall–Kier alpha value is 0.0500. The lowest BCUT2D eigenvalue weighted by Gasteiger charge is -1.99. The summed E-state index contributed by atoms with van der Waals surface area (Å²) in [4.78, 5) is 0. The molecule has 0 aromatic heterocycles. The molecule has 2 radical (unpaired) electrons. The van der Waals surface area contributed by atoms with Crippen molar-refractivity contribution in [2.24, 2.45) is 0 Å². The molecular formula is C4H5NS. The Labute approximate surface area is 41.9 Å². The van der Waals surface area contributed by atoms with E-state index in [1.54, 1.807) is 0 Å². The second-order valence-electron chi connectivity index (χ2n) is 0.971. The van der Waals surface area contributed by atoms with Crippen LogP contribution in [0.5, 0.6) is 0 Å². The molecule has 1 aliphatic heterocycles. The molecule has 0 aliphatic carbocycles. The predicted molar refractivity (Wildman–Crippen MR) is 28.0 cm³/mol. The average Bonchev–Trinajstić information content (AvgIpc) is 1.72. The summed E-state index contributed by atoms with van der Waals surface area (Å²) in [5.41, 5.74) is 0. The second kappa shape index (κ2) is 2.26. The van der Waals surface area contributed by atoms with Crippen molar-refractivity contribution in [1.82, 2.24) is 4.72 Å². The van der Waals surface area contributed by atoms with Gasteiger partial charge >= 0.3 is 0 Å². The molecule has 1 aliphatic rings. The maximum absolute atomic E-state index is 3.00. The molecule has 0 saturated heterocycles. The third-order valence-corrected chi connectivity index (χ3v) is 1.08. The zero-order valence-electron chi connectivity index (χ0n) is 3.27. The van der Waals surface area contributed by atoms with Gasteiger partial charge in [-0.1, -0.05) is 24.1 Å². The lowest BCUT2D eigenvalue weighted by Crippen LogP contribution is -2.04. The first-order valence-electron chi connectivity index (χ1n) is 1.79. The first-order chi connectivity index (χ1) is 3.00. The van der Waals surface area contributed by atoms with Gasteiger partial charge in [0.15, 0.2) is 0 Å². The fourth-order valence-corrected chi connectivity index (χ4v) is 0.700. The van der Waals surface area contributed by atoms with Gasteiger partial charge in [0.25, 0.3) is 0 Å². The molecule has 0 amide bonds. The van der Waals surface area contributed by atoms with E-state index in [9.17, 15) is 0 Å². The smallest absolute Gasteiger partial charge is 0.0908 e. The second-order valence-corrected chi connectivity index (χ2v) is 1.70. The van der Waals surface area contributed by atoms with Crippen molar-refractivity contribution in [1.29, 1.82) is 0 Å². The fourth-order valence-electron chi connectivity index (χ4n) is 0.273. The van der Waals surface area contributed by atoms with Crippen LogP contribution < -0.4 is 4.72 Å². The Morgan fingerprint density at radius 2 is 2.83 bits per heavy atom. The molecule has 0 bridgehead atoms. The van der Waals surface area contributed by atoms with Gasteiger partial charge in [-0.2, -0.15) is 0 Å². The summed E-state index contributed by atoms with van der Waals surface area (Å²) in [6.45, 7) is 0.970. The molecule has 32 valence electrons. The van der Waals surface area contributed by atoms with Gasteiger partial charge in [0.1, 0.15) is 0 Å². The van der Waals surface area contributed by atoms with Crippen LogP contribution in [0.25, 0.3) is 0 Å². The molecular weight excluding hydrogens is 94.1 g/mol. The van der Waals surface area contributed by atoms with Gasteiger partial charge in [0.05, 0.1) is 5.75 Å². The van der Waals surface area contributed by atoms with Gasteiger partial charge in [0, 0.05) is 6.54 Å². The van der Waals surface area contributed by atoms with Gasteiger partial charge in [-0.15, -0.1) is 0 Å². The quantitative estimate of drug-likeness (QED) is 0.451. The Balaban J connectivity index is 2.26. The van der Waals surface area contributed by atoms with Crippen molar-refractivity contribution in [3.8, 4) is 0 Å². The van der Waals surface area contributed by atoms with Crippen LogP contribution >= 0.6 is 11.9 Å². The maximum atomic E-state index is 3.00. The minimum Gasteiger partial charge on any atom is -0.259 e. The number of rotatable bonds is 0. The van der Waals surface area contributed by atoms with Gasteiger partial charge in [0.2, 0.25) is 0 Å². The van der Waals surface area contributed by atoms with E-state index in [2.05, 4.69) is 10.5 Å². The molecule has 2 heteroatoms. The third-order valence-electron chi connectivity index (χ3n) is 0.518. The number of hydrogen-bond donors (Lipinski definition) is 1. The normalized spacial score (nSPS) is 21.3. The first kappa shape index (κ1) is 4.22. The highest BCUT2D eigenvalue weighted by Crippen LogP contribution is 2.03. The van der Waals surface area contributed by atoms with E-state index in [1.807, 2.05) is 12.2 Å². The van der Waals surface area contributed by atoms with Gasteiger partial charge in [-0.25, -0.2) is 0 Å². The Morgan fingerprint density at radius 1 is 1.83 bits per heavy atom. The van der Waals surface area contributed by atoms with Crippen molar-refractivity contribution in [2.75, 3.05) is 6.54 Å². The van der Waals surface area contributed by atoms with E-state index >= 15 is 0 Å². The summed E-state index contributed by atoms with van der Waals surface area (Å²) in [5.74, 6) is 2.91. The standard InChI is InChI=1S/C4H5NS/c1-2-4-6-5-3-1/h1-2,5H,3H2. The van der Waals surface area contributed by atoms with Crippen LogP contribution in [-0.4, -0.2) is 6.54 Å². The molecule has 6 heavy (non-hydrogen) atoms. The zero-order valence-corrected chi connectivity index (χ0v) is 4.09. The summed E-state index contributed by atoms with van der Waals surface area (Å²) < 4.78 is 3.00. The molecule has 1 rings (SSSR count). The minimum atomic E-state index is 0.970. The Morgan fingerprint density at radius 3 is 3.00 bits per heavy atom. The molecule has 1 nitrogen and oxygen atoms in total. The van der Waals surface area contributed by atoms with Crippen LogP contribution in [0.15, 0.2) is 12.2 Å². The first-order valence-corrected chi connectivity index (χ1v) is 2.61. The highest BCUT2D eigenvalue weighted by Gasteiger charge is 1.86. The van der Waals surface area contributed by atoms with Crippen LogP contribution in [0.2, 0.25) is 0 Å². The molecule has 1 heterocycles. The van der Waals surface area contributed by atoms with E-state index in [0.717, 1.165) is 6.54 Å². The Kier molecular flexibility index (Phi) is 1.59. The van der Waals surface area contributed by atoms with E-state index in [4.69, 9.17) is 0 Å². The fraction of sp³-hybridized carbons (Fsp3) is 0.250. The summed E-state index contributed by atoms with van der Waals surface area (Å²) in [6.07, 6.45) is 3.94. The summed E-state index contributed by atoms with van der Waals surface area (Å²) in [5, 5.41) is 0. The van der Waals surface area contributed by atoms with Crippen molar-refractivity contribution < 1.29 is 0 Å². The van der Waals surface area contributed by atoms with E-state index < -0.39 is 0 Å². The monoisotopic (exact) mass is 99.0 g/mol. The van der Waals surface area contributed by atoms with Gasteiger partial charge < -0.3 is 0 Å². The van der Waals surface area contributed by atoms with E-state index in [0.29, 0.717) is 0 Å². The van der Waals surface area contributed by atoms with Crippen molar-refractivity contribution in [2.45, 2.75) is 0 Å². The maximum Gasteiger partial charge on any atom is 0.0908 e. The lowest BCUT2D eigenvalue weighted by atomic mass is 10.5. The molecule has 1 N–H and O–H groups in total. The van der Waals surface area contributed by atoms with Crippen molar-refractivity contribution >= 4 is 11.9 Å². The van der Waals surface area contributed by atoms with Gasteiger partial charge in [-0.3, -0.25) is 4.72 Å². The van der Waals surface area contributed by atoms with Crippen LogP contribution in [0, 0.1) is 5.75 Å². The Bertz CT molecular complexity index is 52.6. The molecule has 0 fully saturated rings. The molecule has 0 atom stereocenters. The number of hydrogen-bond acceptors (Lipinski definition) is 2. The third kappa shape index (κ3) is 1.03. The highest BCUT2D eigenvalue weighted by molar-refractivity contribution is 7.99. The summed E-state index contributed by atoms with van der Waals surface area (Å²) in [6, 6.07) is 0. The largest absolute Gasteiger partial charge is 0.259 e. The van der Waals surface area contributed by atoms with Crippen LogP contribution in [-0.2, 0) is 0 Å². The summed E-state index contributed by atoms with van der Waals surface area (Å²) in [7, 11) is 0. The van der Waals surface area contributed by atoms with Gasteiger partial charge in [-0.05, 0) is 0 Å².